The first-order valence-corrected chi connectivity index (χ1v) is 15.8. The van der Waals surface area contributed by atoms with Gasteiger partial charge in [-0.25, -0.2) is 12.7 Å². The van der Waals surface area contributed by atoms with E-state index in [2.05, 4.69) is 6.58 Å². The van der Waals surface area contributed by atoms with Crippen molar-refractivity contribution in [2.75, 3.05) is 20.2 Å². The molecule has 0 radical (unpaired) electrons. The number of aliphatic hydroxyl groups is 1. The van der Waals surface area contributed by atoms with Crippen LogP contribution in [0.3, 0.4) is 0 Å². The third-order valence-corrected chi connectivity index (χ3v) is 11.1. The number of piperidine rings is 1. The van der Waals surface area contributed by atoms with Crippen LogP contribution in [0.2, 0.25) is 10.0 Å². The van der Waals surface area contributed by atoms with Crippen LogP contribution < -0.4 is 0 Å². The smallest absolute Gasteiger partial charge is 0.230 e. The van der Waals surface area contributed by atoms with Crippen molar-refractivity contribution < 1.29 is 18.3 Å². The number of carbonyl (C=O) groups excluding carboxylic acids is 1. The van der Waals surface area contributed by atoms with E-state index in [0.29, 0.717) is 42.1 Å². The van der Waals surface area contributed by atoms with E-state index in [-0.39, 0.29) is 48.7 Å². The first-order chi connectivity index (χ1) is 18.6. The van der Waals surface area contributed by atoms with Gasteiger partial charge in [0.25, 0.3) is 0 Å². The Bertz CT molecular complexity index is 1280. The Hall–Kier alpha value is -1.90. The number of nitrogens with zero attached hydrogens (tertiary/aromatic N) is 2. The molecule has 0 spiro atoms. The number of halogens is 2. The largest absolute Gasteiger partial charge is 0.396 e. The zero-order valence-electron chi connectivity index (χ0n) is 22.6. The Morgan fingerprint density at radius 3 is 2.41 bits per heavy atom. The van der Waals surface area contributed by atoms with E-state index in [1.165, 1.54) is 4.31 Å². The summed E-state index contributed by atoms with van der Waals surface area (Å²) < 4.78 is 27.6. The lowest BCUT2D eigenvalue weighted by Crippen LogP contribution is -2.58. The number of likely N-dealkylation sites (N-methyl/N-ethyl adjacent to an activating group) is 1. The molecule has 2 fully saturated rings. The van der Waals surface area contributed by atoms with Gasteiger partial charge in [-0.05, 0) is 73.9 Å². The number of carbonyl (C=O) groups is 1. The Kier molecular flexibility index (Phi) is 9.49. The molecule has 6 nitrogen and oxygen atoms in total. The molecular formula is C30H38Cl2N2O4S. The molecule has 1 unspecified atom stereocenters. The second kappa shape index (κ2) is 12.3. The number of amides is 1. The van der Waals surface area contributed by atoms with Gasteiger partial charge < -0.3 is 10.0 Å². The van der Waals surface area contributed by atoms with E-state index < -0.39 is 15.4 Å². The molecule has 1 aliphatic carbocycles. The van der Waals surface area contributed by atoms with Gasteiger partial charge in [0.05, 0.1) is 16.7 Å². The van der Waals surface area contributed by atoms with Gasteiger partial charge in [-0.2, -0.15) is 0 Å². The SMILES string of the molecule is C=CC[C@]1(CCO)C[C@H](c2cccc(Cl)c2)[C@@H](c2ccc(Cl)cc2)N(C(CC)CN(C)S(=O)(=O)C2CC2)C1=O. The van der Waals surface area contributed by atoms with E-state index in [4.69, 9.17) is 23.2 Å². The number of aliphatic hydroxyl groups excluding tert-OH is 1. The molecule has 2 aromatic rings. The molecule has 4 rings (SSSR count). The monoisotopic (exact) mass is 592 g/mol. The van der Waals surface area contributed by atoms with Crippen molar-refractivity contribution >= 4 is 39.1 Å². The summed E-state index contributed by atoms with van der Waals surface area (Å²) in [5, 5.41) is 11.0. The standard InChI is InChI=1S/C30H38Cl2N2O4S/c1-4-15-30(16-17-35)19-27(22-7-6-8-24(32)18-22)28(21-9-11-23(31)12-10-21)34(29(30)36)25(5-2)20-33(3)39(37,38)26-13-14-26/h4,6-12,18,25-28,35H,1,5,13-17,19-20H2,2-3H3/t25?,27-,28-,30+/m1/s1. The summed E-state index contributed by atoms with van der Waals surface area (Å²) in [5.74, 6) is -0.243. The van der Waals surface area contributed by atoms with E-state index >= 15 is 0 Å². The normalized spacial score (nSPS) is 24.7. The van der Waals surface area contributed by atoms with E-state index in [0.717, 1.165) is 11.1 Å². The van der Waals surface area contributed by atoms with Crippen LogP contribution in [0.15, 0.2) is 61.2 Å². The molecule has 39 heavy (non-hydrogen) atoms. The van der Waals surface area contributed by atoms with Gasteiger partial charge in [-0.1, -0.05) is 60.5 Å². The highest BCUT2D eigenvalue weighted by molar-refractivity contribution is 7.90. The van der Waals surface area contributed by atoms with Crippen LogP contribution in [0.5, 0.6) is 0 Å². The Morgan fingerprint density at radius 2 is 1.85 bits per heavy atom. The zero-order chi connectivity index (χ0) is 28.4. The molecule has 0 aromatic heterocycles. The van der Waals surface area contributed by atoms with Gasteiger partial charge in [0, 0.05) is 42.2 Å². The number of sulfonamides is 1. The Balaban J connectivity index is 1.89. The number of likely N-dealkylation sites (tertiary alicyclic amines) is 1. The fraction of sp³-hybridized carbons (Fsp3) is 0.500. The lowest BCUT2D eigenvalue weighted by molar-refractivity contribution is -0.157. The number of hydrogen-bond donors (Lipinski definition) is 1. The van der Waals surface area contributed by atoms with Crippen LogP contribution in [0.1, 0.15) is 68.5 Å². The van der Waals surface area contributed by atoms with Crippen LogP contribution in [-0.2, 0) is 14.8 Å². The summed E-state index contributed by atoms with van der Waals surface area (Å²) in [6, 6.07) is 14.4. The maximum atomic E-state index is 14.6. The molecule has 212 valence electrons. The lowest BCUT2D eigenvalue weighted by Gasteiger charge is -2.53. The van der Waals surface area contributed by atoms with Crippen molar-refractivity contribution in [3.05, 3.63) is 82.4 Å². The highest BCUT2D eigenvalue weighted by Gasteiger charge is 2.53. The third-order valence-electron chi connectivity index (χ3n) is 8.31. The number of hydrogen-bond acceptors (Lipinski definition) is 4. The molecule has 1 aliphatic heterocycles. The topological polar surface area (TPSA) is 77.9 Å². The summed E-state index contributed by atoms with van der Waals surface area (Å²) in [6.07, 6.45) is 4.84. The average Bonchev–Trinajstić information content (AvgIpc) is 3.76. The van der Waals surface area contributed by atoms with Crippen molar-refractivity contribution in [2.24, 2.45) is 5.41 Å². The van der Waals surface area contributed by atoms with Crippen LogP contribution in [0, 0.1) is 5.41 Å². The Morgan fingerprint density at radius 1 is 1.15 bits per heavy atom. The van der Waals surface area contributed by atoms with Gasteiger partial charge in [-0.15, -0.1) is 6.58 Å². The second-order valence-electron chi connectivity index (χ2n) is 10.9. The summed E-state index contributed by atoms with van der Waals surface area (Å²) in [5.41, 5.74) is 1.02. The van der Waals surface area contributed by atoms with Crippen molar-refractivity contribution in [2.45, 2.75) is 68.7 Å². The molecule has 1 saturated carbocycles. The lowest BCUT2D eigenvalue weighted by atomic mass is 9.64. The first kappa shape index (κ1) is 30.1. The third kappa shape index (κ3) is 6.23. The summed E-state index contributed by atoms with van der Waals surface area (Å²) >= 11 is 12.7. The second-order valence-corrected chi connectivity index (χ2v) is 14.1. The Labute approximate surface area is 242 Å². The first-order valence-electron chi connectivity index (χ1n) is 13.6. The van der Waals surface area contributed by atoms with E-state index in [1.54, 1.807) is 13.1 Å². The van der Waals surface area contributed by atoms with Gasteiger partial charge >= 0.3 is 0 Å². The van der Waals surface area contributed by atoms with E-state index in [1.807, 2.05) is 60.4 Å². The van der Waals surface area contributed by atoms with Crippen molar-refractivity contribution in [3.63, 3.8) is 0 Å². The highest BCUT2D eigenvalue weighted by Crippen LogP contribution is 2.53. The molecule has 0 bridgehead atoms. The van der Waals surface area contributed by atoms with Gasteiger partial charge in [0.2, 0.25) is 15.9 Å². The van der Waals surface area contributed by atoms with Crippen molar-refractivity contribution in [1.29, 1.82) is 0 Å². The van der Waals surface area contributed by atoms with Crippen LogP contribution in [0.25, 0.3) is 0 Å². The minimum atomic E-state index is -3.43. The number of benzene rings is 2. The van der Waals surface area contributed by atoms with E-state index in [9.17, 15) is 18.3 Å². The molecule has 4 atom stereocenters. The zero-order valence-corrected chi connectivity index (χ0v) is 24.9. The molecule has 1 saturated heterocycles. The molecule has 1 heterocycles. The maximum absolute atomic E-state index is 14.6. The molecule has 1 amide bonds. The van der Waals surface area contributed by atoms with Gasteiger partial charge in [0.15, 0.2) is 0 Å². The highest BCUT2D eigenvalue weighted by atomic mass is 35.5. The summed E-state index contributed by atoms with van der Waals surface area (Å²) in [7, 11) is -1.82. The number of allylic oxidation sites excluding steroid dienone is 1. The molecule has 1 N–H and O–H groups in total. The quantitative estimate of drug-likeness (QED) is 0.298. The minimum absolute atomic E-state index is 0.0845. The maximum Gasteiger partial charge on any atom is 0.230 e. The molecule has 2 aliphatic rings. The van der Waals surface area contributed by atoms with Crippen molar-refractivity contribution in [1.82, 2.24) is 9.21 Å². The van der Waals surface area contributed by atoms with Gasteiger partial charge in [-0.3, -0.25) is 4.79 Å². The van der Waals surface area contributed by atoms with Crippen LogP contribution in [-0.4, -0.2) is 60.1 Å². The fourth-order valence-electron chi connectivity index (χ4n) is 6.10. The predicted octanol–water partition coefficient (Wildman–Crippen LogP) is 6.20. The van der Waals surface area contributed by atoms with Crippen LogP contribution in [0.4, 0.5) is 0 Å². The average molecular weight is 594 g/mol. The van der Waals surface area contributed by atoms with Gasteiger partial charge in [0.1, 0.15) is 0 Å². The number of rotatable bonds is 12. The molecule has 2 aromatic carbocycles. The minimum Gasteiger partial charge on any atom is -0.396 e. The molecular weight excluding hydrogens is 555 g/mol. The summed E-state index contributed by atoms with van der Waals surface area (Å²) in [4.78, 5) is 16.5. The van der Waals surface area contributed by atoms with Crippen molar-refractivity contribution in [3.8, 4) is 0 Å². The predicted molar refractivity (Wildman–Crippen MR) is 157 cm³/mol. The van der Waals surface area contributed by atoms with Crippen LogP contribution >= 0.6 is 23.2 Å². The fourth-order valence-corrected chi connectivity index (χ4v) is 8.05. The molecule has 9 heteroatoms. The summed E-state index contributed by atoms with van der Waals surface area (Å²) in [6.45, 7) is 5.97.